The van der Waals surface area contributed by atoms with Crippen LogP contribution in [0, 0.1) is 0 Å². The number of rotatable bonds is 7. The van der Waals surface area contributed by atoms with Crippen molar-refractivity contribution in [3.05, 3.63) is 58.6 Å². The largest absolute Gasteiger partial charge is 0.369 e. The van der Waals surface area contributed by atoms with Gasteiger partial charge in [-0.3, -0.25) is 9.59 Å². The van der Waals surface area contributed by atoms with E-state index in [1.807, 2.05) is 24.3 Å². The molecule has 2 N–H and O–H groups in total. The highest BCUT2D eigenvalue weighted by Crippen LogP contribution is 2.24. The Morgan fingerprint density at radius 3 is 2.36 bits per heavy atom. The number of halogens is 1. The molecule has 1 fully saturated rings. The van der Waals surface area contributed by atoms with Crippen LogP contribution in [0.15, 0.2) is 42.5 Å². The van der Waals surface area contributed by atoms with E-state index in [0.717, 1.165) is 25.1 Å². The molecule has 1 aliphatic rings. The number of carbonyl (C=O) groups is 2. The Hall–Kier alpha value is -2.53. The lowest BCUT2D eigenvalue weighted by Gasteiger charge is -2.27. The second kappa shape index (κ2) is 8.65. The number of nitrogens with one attached hydrogen (secondary N) is 2. The molecule has 3 rings (SSSR count). The van der Waals surface area contributed by atoms with Crippen molar-refractivity contribution in [1.29, 1.82) is 0 Å². The van der Waals surface area contributed by atoms with Gasteiger partial charge < -0.3 is 15.5 Å². The summed E-state index contributed by atoms with van der Waals surface area (Å²) < 4.78 is 0. The van der Waals surface area contributed by atoms with Crippen LogP contribution in [-0.4, -0.2) is 30.4 Å². The van der Waals surface area contributed by atoms with E-state index in [1.54, 1.807) is 18.2 Å². The molecule has 0 unspecified atom stereocenters. The van der Waals surface area contributed by atoms with Crippen LogP contribution in [0.5, 0.6) is 0 Å². The summed E-state index contributed by atoms with van der Waals surface area (Å²) in [7, 11) is 0. The molecule has 1 saturated carbocycles. The van der Waals surface area contributed by atoms with E-state index >= 15 is 0 Å². The predicted octanol–water partition coefficient (Wildman–Crippen LogP) is 4.72. The molecule has 6 heteroatoms. The summed E-state index contributed by atoms with van der Waals surface area (Å²) in [6.45, 7) is 7.29. The molecule has 28 heavy (non-hydrogen) atoms. The first kappa shape index (κ1) is 20.2. The normalized spacial score (nSPS) is 13.3. The monoisotopic (exact) mass is 399 g/mol. The van der Waals surface area contributed by atoms with Crippen molar-refractivity contribution in [1.82, 2.24) is 5.32 Å². The third kappa shape index (κ3) is 4.84. The zero-order valence-corrected chi connectivity index (χ0v) is 17.2. The van der Waals surface area contributed by atoms with Gasteiger partial charge in [0.1, 0.15) is 0 Å². The van der Waals surface area contributed by atoms with Gasteiger partial charge in [-0.15, -0.1) is 0 Å². The summed E-state index contributed by atoms with van der Waals surface area (Å²) in [5, 5.41) is 6.13. The first-order valence-electron chi connectivity index (χ1n) is 9.67. The fraction of sp³-hybridized carbons (Fsp3) is 0.364. The molecule has 1 aliphatic carbocycles. The molecular formula is C22H26ClN3O2. The Morgan fingerprint density at radius 2 is 1.79 bits per heavy atom. The maximum atomic E-state index is 12.6. The van der Waals surface area contributed by atoms with Gasteiger partial charge in [0.15, 0.2) is 0 Å². The van der Waals surface area contributed by atoms with Crippen LogP contribution in [0.2, 0.25) is 5.02 Å². The smallest absolute Gasteiger partial charge is 0.255 e. The van der Waals surface area contributed by atoms with Gasteiger partial charge in [-0.25, -0.2) is 0 Å². The highest BCUT2D eigenvalue weighted by Gasteiger charge is 2.25. The van der Waals surface area contributed by atoms with Gasteiger partial charge in [0.05, 0.1) is 10.6 Å². The van der Waals surface area contributed by atoms with Crippen molar-refractivity contribution >= 4 is 34.8 Å². The number of hydrogen-bond donors (Lipinski definition) is 2. The Morgan fingerprint density at radius 1 is 1.11 bits per heavy atom. The average Bonchev–Trinajstić information content (AvgIpc) is 3.48. The van der Waals surface area contributed by atoms with Crippen LogP contribution in [-0.2, 0) is 0 Å². The molecule has 0 spiro atoms. The molecule has 2 aromatic rings. The van der Waals surface area contributed by atoms with E-state index in [1.165, 1.54) is 0 Å². The van der Waals surface area contributed by atoms with Gasteiger partial charge in [0.25, 0.3) is 11.8 Å². The topological polar surface area (TPSA) is 61.4 Å². The third-order valence-corrected chi connectivity index (χ3v) is 5.14. The van der Waals surface area contributed by atoms with Crippen molar-refractivity contribution in [3.63, 3.8) is 0 Å². The molecule has 0 aromatic heterocycles. The van der Waals surface area contributed by atoms with Crippen LogP contribution in [0.4, 0.5) is 11.4 Å². The average molecular weight is 400 g/mol. The molecular weight excluding hydrogens is 374 g/mol. The molecule has 0 aliphatic heterocycles. The van der Waals surface area contributed by atoms with Gasteiger partial charge >= 0.3 is 0 Å². The predicted molar refractivity (Wildman–Crippen MR) is 114 cm³/mol. The highest BCUT2D eigenvalue weighted by atomic mass is 35.5. The van der Waals surface area contributed by atoms with Crippen molar-refractivity contribution in [3.8, 4) is 0 Å². The first-order chi connectivity index (χ1) is 13.4. The Labute approximate surface area is 171 Å². The van der Waals surface area contributed by atoms with Crippen LogP contribution in [0.1, 0.15) is 54.3 Å². The van der Waals surface area contributed by atoms with Crippen LogP contribution in [0.25, 0.3) is 0 Å². The summed E-state index contributed by atoms with van der Waals surface area (Å²) >= 11 is 6.16. The number of amides is 2. The van der Waals surface area contributed by atoms with Crippen molar-refractivity contribution in [2.75, 3.05) is 16.8 Å². The minimum Gasteiger partial charge on any atom is -0.369 e. The molecule has 0 radical (unpaired) electrons. The minimum atomic E-state index is -0.227. The number of anilines is 2. The lowest BCUT2D eigenvalue weighted by Crippen LogP contribution is -2.30. The zero-order valence-electron chi connectivity index (χ0n) is 16.5. The summed E-state index contributed by atoms with van der Waals surface area (Å²) in [6.07, 6.45) is 2.00. The fourth-order valence-corrected chi connectivity index (χ4v) is 3.32. The van der Waals surface area contributed by atoms with Crippen molar-refractivity contribution < 1.29 is 9.59 Å². The summed E-state index contributed by atoms with van der Waals surface area (Å²) in [4.78, 5) is 27.1. The maximum absolute atomic E-state index is 12.6. The van der Waals surface area contributed by atoms with Crippen LogP contribution in [0.3, 0.4) is 0 Å². The minimum absolute atomic E-state index is 0.207. The summed E-state index contributed by atoms with van der Waals surface area (Å²) in [5.41, 5.74) is 2.55. The SMILES string of the molecule is CCN(c1ccc(C(=O)Nc2ccc(Cl)c(C(=O)NC3CC3)c2)cc1)C(C)C. The fourth-order valence-electron chi connectivity index (χ4n) is 3.12. The van der Waals surface area contributed by atoms with E-state index in [4.69, 9.17) is 11.6 Å². The number of carbonyl (C=O) groups excluding carboxylic acids is 2. The molecule has 2 aromatic carbocycles. The molecule has 0 heterocycles. The maximum Gasteiger partial charge on any atom is 0.255 e. The third-order valence-electron chi connectivity index (χ3n) is 4.81. The van der Waals surface area contributed by atoms with E-state index in [0.29, 0.717) is 27.9 Å². The number of nitrogens with zero attached hydrogens (tertiary/aromatic N) is 1. The van der Waals surface area contributed by atoms with Crippen LogP contribution >= 0.6 is 11.6 Å². The lowest BCUT2D eigenvalue weighted by molar-refractivity contribution is 0.0949. The highest BCUT2D eigenvalue weighted by molar-refractivity contribution is 6.34. The quantitative estimate of drug-likeness (QED) is 0.708. The first-order valence-corrected chi connectivity index (χ1v) is 10.0. The molecule has 5 nitrogen and oxygen atoms in total. The molecule has 2 amide bonds. The standard InChI is InChI=1S/C22H26ClN3O2/c1-4-26(14(2)3)18-10-5-15(6-11-18)21(27)25-17-9-12-20(23)19(13-17)22(28)24-16-7-8-16/h5-6,9-14,16H,4,7-8H2,1-3H3,(H,24,28)(H,25,27). The van der Waals surface area contributed by atoms with Gasteiger partial charge in [-0.2, -0.15) is 0 Å². The van der Waals surface area contributed by atoms with Gasteiger partial charge in [-0.1, -0.05) is 11.6 Å². The van der Waals surface area contributed by atoms with E-state index < -0.39 is 0 Å². The van der Waals surface area contributed by atoms with Crippen molar-refractivity contribution in [2.24, 2.45) is 0 Å². The molecule has 0 atom stereocenters. The molecule has 0 saturated heterocycles. The van der Waals surface area contributed by atoms with Gasteiger partial charge in [0, 0.05) is 35.6 Å². The van der Waals surface area contributed by atoms with E-state index in [2.05, 4.69) is 36.3 Å². The lowest BCUT2D eigenvalue weighted by atomic mass is 10.1. The summed E-state index contributed by atoms with van der Waals surface area (Å²) in [5.74, 6) is -0.434. The van der Waals surface area contributed by atoms with Gasteiger partial charge in [0.2, 0.25) is 0 Å². The second-order valence-corrected chi connectivity index (χ2v) is 7.73. The zero-order chi connectivity index (χ0) is 20.3. The second-order valence-electron chi connectivity index (χ2n) is 7.32. The van der Waals surface area contributed by atoms with Crippen molar-refractivity contribution in [2.45, 2.75) is 45.7 Å². The van der Waals surface area contributed by atoms with Gasteiger partial charge in [-0.05, 0) is 76.1 Å². The Balaban J connectivity index is 1.71. The number of hydrogen-bond acceptors (Lipinski definition) is 3. The number of benzene rings is 2. The summed E-state index contributed by atoms with van der Waals surface area (Å²) in [6, 6.07) is 13.1. The van der Waals surface area contributed by atoms with E-state index in [9.17, 15) is 9.59 Å². The Kier molecular flexibility index (Phi) is 6.25. The van der Waals surface area contributed by atoms with E-state index in [-0.39, 0.29) is 17.9 Å². The van der Waals surface area contributed by atoms with Crippen LogP contribution < -0.4 is 15.5 Å². The molecule has 148 valence electrons. The molecule has 0 bridgehead atoms. The Bertz CT molecular complexity index is 861.